The first-order chi connectivity index (χ1) is 20.5. The Hall–Kier alpha value is -2.41. The maximum absolute atomic E-state index is 13.7. The van der Waals surface area contributed by atoms with Crippen LogP contribution < -0.4 is 10.9 Å². The van der Waals surface area contributed by atoms with E-state index in [0.717, 1.165) is 40.3 Å². The number of halogens is 2. The Morgan fingerprint density at radius 3 is 2.05 bits per heavy atom. The number of unbranched alkanes of at least 4 members (excludes halogenated alkanes) is 12. The van der Waals surface area contributed by atoms with Crippen molar-refractivity contribution in [2.45, 2.75) is 113 Å². The molecule has 4 rings (SSSR count). The van der Waals surface area contributed by atoms with E-state index in [-0.39, 0.29) is 18.3 Å². The molecular formula is C34H42Cl2N2O3S. The van der Waals surface area contributed by atoms with Gasteiger partial charge in [0.25, 0.3) is 5.56 Å². The van der Waals surface area contributed by atoms with E-state index < -0.39 is 0 Å². The maximum Gasteiger partial charge on any atom is 0.307 e. The Morgan fingerprint density at radius 2 is 1.40 bits per heavy atom. The van der Waals surface area contributed by atoms with E-state index in [9.17, 15) is 9.59 Å². The standard InChI is InChI=1S/C34H42Cl2N2O3S/c1-2-3-4-5-6-7-8-9-10-11-12-13-14-15-31(39)41-24-38-23-30-33(37-28-22-27(36)20-21-29(28)42-30)32(34(38)40)25-16-18-26(35)19-17-25/h16-23,37H,2-15,24H2,1H3. The summed E-state index contributed by atoms with van der Waals surface area (Å²) < 4.78 is 7.03. The number of rotatable bonds is 17. The zero-order valence-corrected chi connectivity index (χ0v) is 26.9. The molecule has 0 unspecified atom stereocenters. The monoisotopic (exact) mass is 628 g/mol. The number of aromatic nitrogens is 1. The van der Waals surface area contributed by atoms with Crippen LogP contribution in [0.2, 0.25) is 10.0 Å². The van der Waals surface area contributed by atoms with Gasteiger partial charge in [-0.2, -0.15) is 0 Å². The molecule has 0 atom stereocenters. The van der Waals surface area contributed by atoms with Gasteiger partial charge in [-0.3, -0.25) is 14.2 Å². The summed E-state index contributed by atoms with van der Waals surface area (Å²) in [5.74, 6) is -0.276. The second-order valence-electron chi connectivity index (χ2n) is 11.0. The van der Waals surface area contributed by atoms with Crippen molar-refractivity contribution < 1.29 is 9.53 Å². The highest BCUT2D eigenvalue weighted by molar-refractivity contribution is 7.99. The molecule has 226 valence electrons. The number of anilines is 2. The number of pyridine rings is 1. The summed E-state index contributed by atoms with van der Waals surface area (Å²) in [4.78, 5) is 28.1. The highest BCUT2D eigenvalue weighted by Gasteiger charge is 2.24. The summed E-state index contributed by atoms with van der Waals surface area (Å²) in [6.45, 7) is 2.13. The van der Waals surface area contributed by atoms with Crippen LogP contribution in [0, 0.1) is 0 Å². The van der Waals surface area contributed by atoms with E-state index in [0.29, 0.717) is 27.7 Å². The summed E-state index contributed by atoms with van der Waals surface area (Å²) in [6.07, 6.45) is 18.5. The molecule has 42 heavy (non-hydrogen) atoms. The molecule has 1 aliphatic heterocycles. The third-order valence-electron chi connectivity index (χ3n) is 7.65. The first kappa shape index (κ1) is 32.5. The fraction of sp³-hybridized carbons (Fsp3) is 0.471. The lowest BCUT2D eigenvalue weighted by Gasteiger charge is -2.24. The third kappa shape index (κ3) is 9.55. The molecular weight excluding hydrogens is 587 g/mol. The van der Waals surface area contributed by atoms with Crippen LogP contribution in [0.4, 0.5) is 11.4 Å². The second kappa shape index (κ2) is 17.0. The Kier molecular flexibility index (Phi) is 13.2. The number of ether oxygens (including phenoxy) is 1. The van der Waals surface area contributed by atoms with Crippen molar-refractivity contribution in [1.29, 1.82) is 0 Å². The minimum Gasteiger partial charge on any atom is -0.444 e. The Morgan fingerprint density at radius 1 is 0.810 bits per heavy atom. The SMILES string of the molecule is CCCCCCCCCCCCCCCC(=O)OCn1cc2c(c(-c3ccc(Cl)cc3)c1=O)Nc1cc(Cl)ccc1S2. The topological polar surface area (TPSA) is 60.3 Å². The molecule has 2 aromatic carbocycles. The normalized spacial score (nSPS) is 12.0. The maximum atomic E-state index is 13.7. The molecule has 0 saturated carbocycles. The van der Waals surface area contributed by atoms with E-state index >= 15 is 0 Å². The highest BCUT2D eigenvalue weighted by Crippen LogP contribution is 2.47. The number of benzene rings is 2. The largest absolute Gasteiger partial charge is 0.444 e. The molecule has 0 saturated heterocycles. The van der Waals surface area contributed by atoms with E-state index in [1.54, 1.807) is 30.1 Å². The van der Waals surface area contributed by atoms with E-state index in [1.807, 2.05) is 30.3 Å². The Bertz CT molecular complexity index is 1370. The molecule has 0 spiro atoms. The lowest BCUT2D eigenvalue weighted by molar-refractivity contribution is -0.147. The molecule has 5 nitrogen and oxygen atoms in total. The van der Waals surface area contributed by atoms with Crippen molar-refractivity contribution in [2.75, 3.05) is 5.32 Å². The fourth-order valence-corrected chi connectivity index (χ4v) is 6.59. The van der Waals surface area contributed by atoms with E-state index in [1.165, 1.54) is 68.8 Å². The van der Waals surface area contributed by atoms with Gasteiger partial charge in [-0.05, 0) is 42.3 Å². The number of nitrogens with one attached hydrogen (secondary N) is 1. The lowest BCUT2D eigenvalue weighted by atomic mass is 10.0. The van der Waals surface area contributed by atoms with Gasteiger partial charge in [-0.1, -0.05) is 131 Å². The molecule has 0 fully saturated rings. The number of nitrogens with zero attached hydrogens (tertiary/aromatic N) is 1. The van der Waals surface area contributed by atoms with Crippen LogP contribution >= 0.6 is 35.0 Å². The first-order valence-electron chi connectivity index (χ1n) is 15.4. The molecule has 0 amide bonds. The van der Waals surface area contributed by atoms with Crippen LogP contribution in [0.25, 0.3) is 11.1 Å². The van der Waals surface area contributed by atoms with Gasteiger partial charge < -0.3 is 10.1 Å². The quantitative estimate of drug-likeness (QED) is 0.0930. The van der Waals surface area contributed by atoms with E-state index in [2.05, 4.69) is 12.2 Å². The predicted octanol–water partition coefficient (Wildman–Crippen LogP) is 11.0. The molecule has 2 heterocycles. The Balaban J connectivity index is 1.27. The number of hydrogen-bond acceptors (Lipinski definition) is 5. The smallest absolute Gasteiger partial charge is 0.307 e. The van der Waals surface area contributed by atoms with Gasteiger partial charge in [0.15, 0.2) is 6.73 Å². The zero-order chi connectivity index (χ0) is 29.7. The molecule has 0 radical (unpaired) electrons. The van der Waals surface area contributed by atoms with Gasteiger partial charge in [0.2, 0.25) is 0 Å². The van der Waals surface area contributed by atoms with Crippen LogP contribution in [0.1, 0.15) is 96.8 Å². The van der Waals surface area contributed by atoms with Crippen LogP contribution in [0.3, 0.4) is 0 Å². The molecule has 0 bridgehead atoms. The number of esters is 1. The summed E-state index contributed by atoms with van der Waals surface area (Å²) in [6, 6.07) is 12.8. The van der Waals surface area contributed by atoms with Crippen molar-refractivity contribution in [2.24, 2.45) is 0 Å². The molecule has 0 aliphatic carbocycles. The van der Waals surface area contributed by atoms with Crippen LogP contribution in [0.15, 0.2) is 63.2 Å². The number of fused-ring (bicyclic) bond motifs is 2. The molecule has 3 aromatic rings. The van der Waals surface area contributed by atoms with Crippen molar-refractivity contribution in [1.82, 2.24) is 4.57 Å². The van der Waals surface area contributed by atoms with Crippen LogP contribution in [-0.2, 0) is 16.3 Å². The van der Waals surface area contributed by atoms with Crippen molar-refractivity contribution >= 4 is 52.3 Å². The number of carbonyl (C=O) groups excluding carboxylic acids is 1. The summed E-state index contributed by atoms with van der Waals surface area (Å²) in [5.41, 5.74) is 2.53. The predicted molar refractivity (Wildman–Crippen MR) is 176 cm³/mol. The van der Waals surface area contributed by atoms with Crippen molar-refractivity contribution in [3.63, 3.8) is 0 Å². The summed E-state index contributed by atoms with van der Waals surface area (Å²) in [7, 11) is 0. The summed E-state index contributed by atoms with van der Waals surface area (Å²) in [5, 5.41) is 4.61. The lowest BCUT2D eigenvalue weighted by Crippen LogP contribution is -2.26. The first-order valence-corrected chi connectivity index (χ1v) is 17.0. The minimum absolute atomic E-state index is 0.127. The fourth-order valence-electron chi connectivity index (χ4n) is 5.26. The second-order valence-corrected chi connectivity index (χ2v) is 13.0. The van der Waals surface area contributed by atoms with Gasteiger partial charge in [-0.25, -0.2) is 0 Å². The summed E-state index contributed by atoms with van der Waals surface area (Å²) >= 11 is 13.9. The van der Waals surface area contributed by atoms with E-state index in [4.69, 9.17) is 27.9 Å². The molecule has 1 N–H and O–H groups in total. The minimum atomic E-state index is -0.276. The van der Waals surface area contributed by atoms with Crippen molar-refractivity contribution in [3.05, 3.63) is 69.1 Å². The van der Waals surface area contributed by atoms with Gasteiger partial charge in [0.05, 0.1) is 21.8 Å². The average Bonchev–Trinajstić information content (AvgIpc) is 2.98. The third-order valence-corrected chi connectivity index (χ3v) is 9.24. The molecule has 1 aliphatic rings. The van der Waals surface area contributed by atoms with Gasteiger partial charge >= 0.3 is 5.97 Å². The van der Waals surface area contributed by atoms with Gasteiger partial charge in [0.1, 0.15) is 0 Å². The molecule has 1 aromatic heterocycles. The van der Waals surface area contributed by atoms with Gasteiger partial charge in [-0.15, -0.1) is 0 Å². The van der Waals surface area contributed by atoms with Crippen LogP contribution in [-0.4, -0.2) is 10.5 Å². The van der Waals surface area contributed by atoms with Crippen molar-refractivity contribution in [3.8, 4) is 11.1 Å². The Labute approximate surface area is 264 Å². The zero-order valence-electron chi connectivity index (χ0n) is 24.6. The van der Waals surface area contributed by atoms with Gasteiger partial charge in [0, 0.05) is 27.6 Å². The average molecular weight is 630 g/mol. The number of hydrogen-bond donors (Lipinski definition) is 1. The number of carbonyl (C=O) groups is 1. The molecule has 8 heteroatoms. The highest BCUT2D eigenvalue weighted by atomic mass is 35.5. The van der Waals surface area contributed by atoms with Crippen LogP contribution in [0.5, 0.6) is 0 Å².